The fraction of sp³-hybridized carbons (Fsp3) is 0.533. The fourth-order valence-corrected chi connectivity index (χ4v) is 2.49. The van der Waals surface area contributed by atoms with Crippen LogP contribution in [0.4, 0.5) is 0 Å². The van der Waals surface area contributed by atoms with E-state index in [0.29, 0.717) is 31.0 Å². The van der Waals surface area contributed by atoms with Crippen LogP contribution in [0, 0.1) is 0 Å². The van der Waals surface area contributed by atoms with Crippen LogP contribution in [0.25, 0.3) is 0 Å². The molecule has 2 fully saturated rings. The molecule has 0 spiro atoms. The van der Waals surface area contributed by atoms with Crippen LogP contribution in [0.2, 0.25) is 0 Å². The molecule has 108 valence electrons. The Kier molecular flexibility index (Phi) is 3.89. The van der Waals surface area contributed by atoms with Gasteiger partial charge >= 0.3 is 0 Å². The number of carbonyl (C=O) groups excluding carboxylic acids is 1. The van der Waals surface area contributed by atoms with Gasteiger partial charge in [0.05, 0.1) is 12.2 Å². The van der Waals surface area contributed by atoms with Crippen molar-refractivity contribution in [1.29, 1.82) is 0 Å². The molecule has 1 aromatic carbocycles. The molecule has 0 aromatic heterocycles. The Hall–Kier alpha value is -1.59. The number of hydrogen-bond acceptors (Lipinski definition) is 4. The molecule has 1 N–H and O–H groups in total. The minimum absolute atomic E-state index is 0.0575. The molecule has 0 bridgehead atoms. The average Bonchev–Trinajstić information content (AvgIpc) is 2.94. The molecule has 2 saturated heterocycles. The van der Waals surface area contributed by atoms with Gasteiger partial charge in [-0.3, -0.25) is 4.79 Å². The summed E-state index contributed by atoms with van der Waals surface area (Å²) >= 11 is 0. The van der Waals surface area contributed by atoms with Gasteiger partial charge in [0.25, 0.3) is 5.91 Å². The van der Waals surface area contributed by atoms with E-state index in [1.165, 1.54) is 0 Å². The summed E-state index contributed by atoms with van der Waals surface area (Å²) in [6.45, 7) is 2.17. The Morgan fingerprint density at radius 1 is 1.45 bits per heavy atom. The lowest BCUT2D eigenvalue weighted by Crippen LogP contribution is -2.53. The van der Waals surface area contributed by atoms with Crippen molar-refractivity contribution < 1.29 is 19.4 Å². The van der Waals surface area contributed by atoms with Gasteiger partial charge in [0.2, 0.25) is 0 Å². The van der Waals surface area contributed by atoms with Crippen molar-refractivity contribution in [2.75, 3.05) is 26.3 Å². The van der Waals surface area contributed by atoms with Crippen LogP contribution in [0.3, 0.4) is 0 Å². The Labute approximate surface area is 118 Å². The molecule has 20 heavy (non-hydrogen) atoms. The van der Waals surface area contributed by atoms with E-state index in [2.05, 4.69) is 0 Å². The summed E-state index contributed by atoms with van der Waals surface area (Å²) < 4.78 is 11.2. The normalized spacial score (nSPS) is 22.6. The highest BCUT2D eigenvalue weighted by Gasteiger charge is 2.29. The number of carbonyl (C=O) groups is 1. The zero-order chi connectivity index (χ0) is 13.9. The number of hydrogen-bond donors (Lipinski definition) is 1. The molecule has 5 nitrogen and oxygen atoms in total. The highest BCUT2D eigenvalue weighted by atomic mass is 16.5. The molecule has 1 unspecified atom stereocenters. The first-order chi connectivity index (χ1) is 9.72. The summed E-state index contributed by atoms with van der Waals surface area (Å²) in [5.74, 6) is 0.630. The predicted octanol–water partition coefficient (Wildman–Crippen LogP) is 1.06. The minimum Gasteiger partial charge on any atom is -0.491 e. The van der Waals surface area contributed by atoms with Crippen LogP contribution in [-0.4, -0.2) is 54.4 Å². The van der Waals surface area contributed by atoms with Crippen molar-refractivity contribution in [2.24, 2.45) is 0 Å². The van der Waals surface area contributed by atoms with Crippen molar-refractivity contribution >= 4 is 5.91 Å². The van der Waals surface area contributed by atoms with Gasteiger partial charge in [-0.15, -0.1) is 0 Å². The minimum atomic E-state index is -0.377. The topological polar surface area (TPSA) is 59.0 Å². The van der Waals surface area contributed by atoms with Crippen molar-refractivity contribution in [1.82, 2.24) is 4.90 Å². The molecule has 0 saturated carbocycles. The van der Waals surface area contributed by atoms with Crippen molar-refractivity contribution in [3.63, 3.8) is 0 Å². The van der Waals surface area contributed by atoms with Gasteiger partial charge in [-0.1, -0.05) is 6.07 Å². The highest BCUT2D eigenvalue weighted by Crippen LogP contribution is 2.19. The van der Waals surface area contributed by atoms with Crippen molar-refractivity contribution in [3.05, 3.63) is 29.8 Å². The SMILES string of the molecule is O=C(c1cccc(OCC2CCCO2)c1)N1CC(O)C1. The Balaban J connectivity index is 1.58. The number of rotatable bonds is 4. The van der Waals surface area contributed by atoms with E-state index >= 15 is 0 Å². The largest absolute Gasteiger partial charge is 0.491 e. The van der Waals surface area contributed by atoms with Gasteiger partial charge in [0, 0.05) is 25.3 Å². The first-order valence-electron chi connectivity index (χ1n) is 7.04. The van der Waals surface area contributed by atoms with Gasteiger partial charge in [-0.05, 0) is 31.0 Å². The summed E-state index contributed by atoms with van der Waals surface area (Å²) in [4.78, 5) is 13.7. The predicted molar refractivity (Wildman–Crippen MR) is 72.8 cm³/mol. The van der Waals surface area contributed by atoms with Crippen molar-refractivity contribution in [2.45, 2.75) is 25.0 Å². The number of benzene rings is 1. The Morgan fingerprint density at radius 2 is 2.30 bits per heavy atom. The lowest BCUT2D eigenvalue weighted by Gasteiger charge is -2.35. The Morgan fingerprint density at radius 3 is 3.00 bits per heavy atom. The number of β-amino-alcohol motifs (C(OH)–C–C–N with tert-alkyl or cyclic N) is 1. The van der Waals surface area contributed by atoms with Gasteiger partial charge in [0.1, 0.15) is 12.4 Å². The highest BCUT2D eigenvalue weighted by molar-refractivity contribution is 5.95. The molecule has 0 radical (unpaired) electrons. The van der Waals surface area contributed by atoms with Crippen molar-refractivity contribution in [3.8, 4) is 5.75 Å². The maximum atomic E-state index is 12.1. The maximum Gasteiger partial charge on any atom is 0.254 e. The van der Waals surface area contributed by atoms with E-state index in [0.717, 1.165) is 19.4 Å². The average molecular weight is 277 g/mol. The number of ether oxygens (including phenoxy) is 2. The lowest BCUT2D eigenvalue weighted by molar-refractivity contribution is 0.00586. The molecule has 2 heterocycles. The fourth-order valence-electron chi connectivity index (χ4n) is 2.49. The number of nitrogens with zero attached hydrogens (tertiary/aromatic N) is 1. The quantitative estimate of drug-likeness (QED) is 0.894. The molecular formula is C15H19NO4. The zero-order valence-corrected chi connectivity index (χ0v) is 11.3. The standard InChI is InChI=1S/C15H19NO4/c17-12-8-16(9-12)15(18)11-3-1-4-13(7-11)20-10-14-5-2-6-19-14/h1,3-4,7,12,14,17H,2,5-6,8-10H2. The summed E-state index contributed by atoms with van der Waals surface area (Å²) in [6.07, 6.45) is 1.91. The summed E-state index contributed by atoms with van der Waals surface area (Å²) in [5, 5.41) is 9.24. The van der Waals surface area contributed by atoms with Crippen LogP contribution < -0.4 is 4.74 Å². The smallest absolute Gasteiger partial charge is 0.254 e. The molecular weight excluding hydrogens is 258 g/mol. The number of aliphatic hydroxyl groups is 1. The van der Waals surface area contributed by atoms with Gasteiger partial charge in [-0.2, -0.15) is 0 Å². The number of aliphatic hydroxyl groups excluding tert-OH is 1. The lowest BCUT2D eigenvalue weighted by atomic mass is 10.1. The van der Waals surface area contributed by atoms with Gasteiger partial charge in [0.15, 0.2) is 0 Å². The number of amides is 1. The second-order valence-electron chi connectivity index (χ2n) is 5.34. The van der Waals surface area contributed by atoms with Crippen LogP contribution in [0.1, 0.15) is 23.2 Å². The van der Waals surface area contributed by atoms with Gasteiger partial charge in [-0.25, -0.2) is 0 Å². The third-order valence-electron chi connectivity index (χ3n) is 3.69. The third-order valence-corrected chi connectivity index (χ3v) is 3.69. The molecule has 1 atom stereocenters. The Bertz CT molecular complexity index is 479. The first-order valence-corrected chi connectivity index (χ1v) is 7.04. The van der Waals surface area contributed by atoms with Crippen LogP contribution in [-0.2, 0) is 4.74 Å². The van der Waals surface area contributed by atoms with E-state index in [9.17, 15) is 9.90 Å². The van der Waals surface area contributed by atoms with E-state index < -0.39 is 0 Å². The zero-order valence-electron chi connectivity index (χ0n) is 11.3. The molecule has 2 aliphatic heterocycles. The third kappa shape index (κ3) is 2.94. The molecule has 1 aromatic rings. The molecule has 1 amide bonds. The van der Waals surface area contributed by atoms with Crippen LogP contribution in [0.5, 0.6) is 5.75 Å². The summed E-state index contributed by atoms with van der Waals surface area (Å²) in [5.41, 5.74) is 0.599. The second-order valence-corrected chi connectivity index (χ2v) is 5.34. The summed E-state index contributed by atoms with van der Waals surface area (Å²) in [6, 6.07) is 7.18. The molecule has 3 rings (SSSR count). The second kappa shape index (κ2) is 5.81. The van der Waals surface area contributed by atoms with Crippen LogP contribution in [0.15, 0.2) is 24.3 Å². The van der Waals surface area contributed by atoms with E-state index in [-0.39, 0.29) is 18.1 Å². The molecule has 2 aliphatic rings. The molecule has 0 aliphatic carbocycles. The van der Waals surface area contributed by atoms with Gasteiger partial charge < -0.3 is 19.5 Å². The molecule has 5 heteroatoms. The van der Waals surface area contributed by atoms with E-state index in [1.54, 1.807) is 17.0 Å². The maximum absolute atomic E-state index is 12.1. The summed E-state index contributed by atoms with van der Waals surface area (Å²) in [7, 11) is 0. The van der Waals surface area contributed by atoms with E-state index in [4.69, 9.17) is 9.47 Å². The van der Waals surface area contributed by atoms with E-state index in [1.807, 2.05) is 12.1 Å². The first kappa shape index (κ1) is 13.4. The monoisotopic (exact) mass is 277 g/mol. The van der Waals surface area contributed by atoms with Crippen LogP contribution >= 0.6 is 0 Å². The number of likely N-dealkylation sites (tertiary alicyclic amines) is 1.